The summed E-state index contributed by atoms with van der Waals surface area (Å²) in [6.45, 7) is 0.187. The molecule has 0 aromatic heterocycles. The van der Waals surface area contributed by atoms with E-state index in [1.807, 2.05) is 43.4 Å². The van der Waals surface area contributed by atoms with Gasteiger partial charge >= 0.3 is 0 Å². The maximum absolute atomic E-state index is 12.7. The Hall–Kier alpha value is -2.96. The van der Waals surface area contributed by atoms with Gasteiger partial charge in [0.2, 0.25) is 0 Å². The highest BCUT2D eigenvalue weighted by atomic mass is 32.2. The van der Waals surface area contributed by atoms with Gasteiger partial charge in [0.25, 0.3) is 5.91 Å². The predicted octanol–water partition coefficient (Wildman–Crippen LogP) is 2.33. The highest BCUT2D eigenvalue weighted by Gasteiger charge is 2.25. The van der Waals surface area contributed by atoms with Crippen LogP contribution in [0.5, 0.6) is 0 Å². The Morgan fingerprint density at radius 2 is 1.34 bits per heavy atom. The number of anilines is 1. The number of quaternary nitrogens is 1. The van der Waals surface area contributed by atoms with Gasteiger partial charge in [-0.15, -0.1) is 0 Å². The Morgan fingerprint density at radius 3 is 1.86 bits per heavy atom. The van der Waals surface area contributed by atoms with Gasteiger partial charge in [-0.1, -0.05) is 72.8 Å². The molecule has 3 rings (SSSR count). The second-order valence-corrected chi connectivity index (χ2v) is 9.08. The molecule has 0 aliphatic heterocycles. The molecular weight excluding hydrogens is 384 g/mol. The average molecular weight is 410 g/mol. The third kappa shape index (κ3) is 5.31. The van der Waals surface area contributed by atoms with E-state index in [0.29, 0.717) is 5.69 Å². The lowest BCUT2D eigenvalue weighted by atomic mass is 9.97. The van der Waals surface area contributed by atoms with Crippen molar-refractivity contribution in [2.75, 3.05) is 25.2 Å². The second-order valence-electron chi connectivity index (χ2n) is 7.09. The molecule has 0 saturated carbocycles. The van der Waals surface area contributed by atoms with Crippen LogP contribution in [-0.2, 0) is 14.6 Å². The maximum Gasteiger partial charge on any atom is 0.279 e. The van der Waals surface area contributed by atoms with Gasteiger partial charge in [0.15, 0.2) is 16.4 Å². The lowest BCUT2D eigenvalue weighted by Crippen LogP contribution is -3.10. The van der Waals surface area contributed by atoms with E-state index in [1.165, 1.54) is 6.07 Å². The summed E-state index contributed by atoms with van der Waals surface area (Å²) in [5, 5.41) is 2.77. The summed E-state index contributed by atoms with van der Waals surface area (Å²) >= 11 is 0. The molecule has 0 aliphatic rings. The molecule has 29 heavy (non-hydrogen) atoms. The molecule has 0 fully saturated rings. The summed E-state index contributed by atoms with van der Waals surface area (Å²) in [6.07, 6.45) is 1.14. The first kappa shape index (κ1) is 20.8. The molecule has 6 heteroatoms. The minimum absolute atomic E-state index is 0.0201. The number of likely N-dealkylation sites (N-methyl/N-ethyl adjacent to an activating group) is 1. The summed E-state index contributed by atoms with van der Waals surface area (Å²) in [5.74, 6) is -0.240. The zero-order chi connectivity index (χ0) is 20.9. The molecule has 0 radical (unpaired) electrons. The normalized spacial score (nSPS) is 12.5. The Bertz CT molecular complexity index is 1030. The van der Waals surface area contributed by atoms with Crippen molar-refractivity contribution in [1.29, 1.82) is 0 Å². The topological polar surface area (TPSA) is 67.7 Å². The molecule has 3 aromatic carbocycles. The van der Waals surface area contributed by atoms with Crippen LogP contribution in [0, 0.1) is 0 Å². The van der Waals surface area contributed by atoms with E-state index >= 15 is 0 Å². The lowest BCUT2D eigenvalue weighted by Gasteiger charge is -2.25. The zero-order valence-corrected chi connectivity index (χ0v) is 17.3. The Labute approximate surface area is 171 Å². The highest BCUT2D eigenvalue weighted by molar-refractivity contribution is 7.90. The summed E-state index contributed by atoms with van der Waals surface area (Å²) in [4.78, 5) is 13.8. The van der Waals surface area contributed by atoms with Crippen LogP contribution in [0.25, 0.3) is 0 Å². The van der Waals surface area contributed by atoms with Crippen LogP contribution in [0.15, 0.2) is 89.8 Å². The van der Waals surface area contributed by atoms with Gasteiger partial charge in [-0.25, -0.2) is 8.42 Å². The number of para-hydroxylation sites is 1. The van der Waals surface area contributed by atoms with Gasteiger partial charge in [0, 0.05) is 17.4 Å². The van der Waals surface area contributed by atoms with Gasteiger partial charge < -0.3 is 10.2 Å². The van der Waals surface area contributed by atoms with E-state index in [9.17, 15) is 13.2 Å². The zero-order valence-electron chi connectivity index (χ0n) is 16.5. The first-order chi connectivity index (χ1) is 13.9. The van der Waals surface area contributed by atoms with Crippen molar-refractivity contribution in [3.8, 4) is 0 Å². The fourth-order valence-corrected chi connectivity index (χ4v) is 4.34. The second kappa shape index (κ2) is 9.03. The van der Waals surface area contributed by atoms with Crippen molar-refractivity contribution in [2.45, 2.75) is 10.9 Å². The molecule has 5 nitrogen and oxygen atoms in total. The van der Waals surface area contributed by atoms with Crippen molar-refractivity contribution in [3.63, 3.8) is 0 Å². The number of rotatable bonds is 7. The smallest absolute Gasteiger partial charge is 0.279 e. The van der Waals surface area contributed by atoms with Crippen molar-refractivity contribution >= 4 is 21.4 Å². The van der Waals surface area contributed by atoms with Crippen LogP contribution < -0.4 is 10.2 Å². The molecule has 0 spiro atoms. The average Bonchev–Trinajstić information content (AvgIpc) is 2.69. The van der Waals surface area contributed by atoms with Gasteiger partial charge in [-0.2, -0.15) is 0 Å². The van der Waals surface area contributed by atoms with E-state index in [-0.39, 0.29) is 23.4 Å². The minimum Gasteiger partial charge on any atom is -0.320 e. The van der Waals surface area contributed by atoms with Gasteiger partial charge in [-0.3, -0.25) is 4.79 Å². The maximum atomic E-state index is 12.7. The number of carbonyl (C=O) groups excluding carboxylic acids is 1. The summed E-state index contributed by atoms with van der Waals surface area (Å²) in [5.41, 5.74) is 2.53. The number of hydrogen-bond acceptors (Lipinski definition) is 3. The van der Waals surface area contributed by atoms with E-state index in [1.54, 1.807) is 18.2 Å². The molecule has 1 atom stereocenters. The van der Waals surface area contributed by atoms with E-state index in [4.69, 9.17) is 0 Å². The van der Waals surface area contributed by atoms with Crippen LogP contribution >= 0.6 is 0 Å². The number of hydrogen-bond donors (Lipinski definition) is 2. The Balaban J connectivity index is 1.82. The molecule has 0 heterocycles. The number of carbonyl (C=O) groups is 1. The van der Waals surface area contributed by atoms with E-state index < -0.39 is 9.84 Å². The molecule has 150 valence electrons. The molecule has 2 N–H and O–H groups in total. The lowest BCUT2D eigenvalue weighted by molar-refractivity contribution is -0.897. The van der Waals surface area contributed by atoms with Gasteiger partial charge in [0.05, 0.1) is 17.6 Å². The number of nitrogens with one attached hydrogen (secondary N) is 2. The molecule has 0 saturated heterocycles. The van der Waals surface area contributed by atoms with E-state index in [0.717, 1.165) is 22.3 Å². The third-order valence-corrected chi connectivity index (χ3v) is 5.91. The van der Waals surface area contributed by atoms with Crippen molar-refractivity contribution in [3.05, 3.63) is 96.1 Å². The molecule has 0 bridgehead atoms. The number of sulfone groups is 1. The number of amides is 1. The van der Waals surface area contributed by atoms with Crippen LogP contribution in [0.4, 0.5) is 5.69 Å². The number of benzene rings is 3. The van der Waals surface area contributed by atoms with Crippen molar-refractivity contribution in [2.24, 2.45) is 0 Å². The minimum atomic E-state index is -3.43. The highest BCUT2D eigenvalue weighted by Crippen LogP contribution is 2.21. The monoisotopic (exact) mass is 409 g/mol. The van der Waals surface area contributed by atoms with Crippen molar-refractivity contribution < 1.29 is 18.1 Å². The summed E-state index contributed by atoms with van der Waals surface area (Å²) in [7, 11) is -1.47. The SMILES string of the molecule is C[NH+](CC(=O)Nc1ccccc1S(C)(=O)=O)C(c1ccccc1)c1ccccc1. The van der Waals surface area contributed by atoms with Gasteiger partial charge in [0.1, 0.15) is 6.04 Å². The molecule has 1 unspecified atom stereocenters. The van der Waals surface area contributed by atoms with Crippen LogP contribution in [0.1, 0.15) is 17.2 Å². The van der Waals surface area contributed by atoms with Crippen LogP contribution in [0.3, 0.4) is 0 Å². The molecule has 3 aromatic rings. The third-order valence-electron chi connectivity index (χ3n) is 4.76. The van der Waals surface area contributed by atoms with Crippen LogP contribution in [0.2, 0.25) is 0 Å². The first-order valence-corrected chi connectivity index (χ1v) is 11.3. The van der Waals surface area contributed by atoms with Gasteiger partial charge in [-0.05, 0) is 12.1 Å². The molecular formula is C23H25N2O3S+. The molecule has 1 amide bonds. The fourth-order valence-electron chi connectivity index (χ4n) is 3.50. The predicted molar refractivity (Wildman–Crippen MR) is 115 cm³/mol. The van der Waals surface area contributed by atoms with Crippen molar-refractivity contribution in [1.82, 2.24) is 0 Å². The molecule has 0 aliphatic carbocycles. The standard InChI is InChI=1S/C23H24N2O3S/c1-25(17-22(26)24-20-15-9-10-16-21(20)29(2,27)28)23(18-11-5-3-6-12-18)19-13-7-4-8-14-19/h3-16,23H,17H2,1-2H3,(H,24,26)/p+1. The summed E-state index contributed by atoms with van der Waals surface area (Å²) < 4.78 is 24.0. The quantitative estimate of drug-likeness (QED) is 0.629. The van der Waals surface area contributed by atoms with E-state index in [2.05, 4.69) is 29.6 Å². The summed E-state index contributed by atoms with van der Waals surface area (Å²) in [6, 6.07) is 26.5. The van der Waals surface area contributed by atoms with Crippen LogP contribution in [-0.4, -0.2) is 34.2 Å². The Kier molecular flexibility index (Phi) is 6.46. The largest absolute Gasteiger partial charge is 0.320 e. The fraction of sp³-hybridized carbons (Fsp3) is 0.174. The Morgan fingerprint density at radius 1 is 0.862 bits per heavy atom. The first-order valence-electron chi connectivity index (χ1n) is 9.37.